The Bertz CT molecular complexity index is 463. The van der Waals surface area contributed by atoms with Crippen LogP contribution in [-0.4, -0.2) is 68.7 Å². The van der Waals surface area contributed by atoms with E-state index in [0.717, 1.165) is 57.8 Å². The molecular weight excluding hydrogens is 296 g/mol. The molecule has 0 aliphatic carbocycles. The summed E-state index contributed by atoms with van der Waals surface area (Å²) in [6.45, 7) is 8.30. The molecule has 0 bridgehead atoms. The van der Waals surface area contributed by atoms with Gasteiger partial charge in [0.05, 0.1) is 13.2 Å². The Hall–Kier alpha value is -1.11. The Labute approximate surface area is 137 Å². The highest BCUT2D eigenvalue weighted by Gasteiger charge is 2.23. The largest absolute Gasteiger partial charge is 0.381 e. The van der Waals surface area contributed by atoms with E-state index in [2.05, 4.69) is 37.6 Å². The van der Waals surface area contributed by atoms with Gasteiger partial charge in [0.25, 0.3) is 0 Å². The molecule has 1 aromatic rings. The maximum Gasteiger partial charge on any atom is 0.194 e. The summed E-state index contributed by atoms with van der Waals surface area (Å²) < 4.78 is 5.48. The molecule has 2 aliphatic heterocycles. The van der Waals surface area contributed by atoms with Crippen molar-refractivity contribution < 1.29 is 4.74 Å². The molecule has 0 amide bonds. The molecule has 2 fully saturated rings. The summed E-state index contributed by atoms with van der Waals surface area (Å²) >= 11 is 1.78. The summed E-state index contributed by atoms with van der Waals surface area (Å²) in [5.74, 6) is 1.76. The van der Waals surface area contributed by atoms with E-state index < -0.39 is 0 Å². The third-order valence-corrected chi connectivity index (χ3v) is 5.30. The lowest BCUT2D eigenvalue weighted by Crippen LogP contribution is -2.53. The van der Waals surface area contributed by atoms with Crippen LogP contribution in [0.25, 0.3) is 0 Å². The van der Waals surface area contributed by atoms with Crippen molar-refractivity contribution >= 4 is 17.3 Å². The highest BCUT2D eigenvalue weighted by Crippen LogP contribution is 2.15. The first-order valence-corrected chi connectivity index (χ1v) is 9.01. The van der Waals surface area contributed by atoms with Gasteiger partial charge in [0.2, 0.25) is 0 Å². The summed E-state index contributed by atoms with van der Waals surface area (Å²) in [6.07, 6.45) is 1.23. The molecule has 0 aromatic carbocycles. The number of ether oxygens (including phenoxy) is 1. The van der Waals surface area contributed by atoms with Crippen molar-refractivity contribution in [3.05, 3.63) is 22.4 Å². The number of piperazine rings is 1. The number of aliphatic imine (C=N–C) groups is 1. The Morgan fingerprint density at radius 1 is 1.41 bits per heavy atom. The van der Waals surface area contributed by atoms with Crippen LogP contribution in [-0.2, 0) is 11.3 Å². The molecule has 0 radical (unpaired) electrons. The van der Waals surface area contributed by atoms with E-state index in [0.29, 0.717) is 0 Å². The van der Waals surface area contributed by atoms with Gasteiger partial charge in [-0.3, -0.25) is 9.89 Å². The Morgan fingerprint density at radius 2 is 2.27 bits per heavy atom. The minimum Gasteiger partial charge on any atom is -0.381 e. The predicted octanol–water partition coefficient (Wildman–Crippen LogP) is 1.48. The Balaban J connectivity index is 1.42. The second-order valence-corrected chi connectivity index (χ2v) is 7.03. The van der Waals surface area contributed by atoms with Crippen molar-refractivity contribution in [2.75, 3.05) is 53.0 Å². The van der Waals surface area contributed by atoms with Gasteiger partial charge in [0.1, 0.15) is 0 Å². The number of rotatable bonds is 4. The molecule has 5 nitrogen and oxygen atoms in total. The Kier molecular flexibility index (Phi) is 5.70. The predicted molar refractivity (Wildman–Crippen MR) is 91.5 cm³/mol. The molecule has 22 heavy (non-hydrogen) atoms. The SMILES string of the molecule is CN=C(NCc1cccs1)N1CCN(CC2CCOC2)CC1. The monoisotopic (exact) mass is 322 g/mol. The van der Waals surface area contributed by atoms with E-state index in [-0.39, 0.29) is 0 Å². The van der Waals surface area contributed by atoms with Gasteiger partial charge in [0, 0.05) is 51.3 Å². The van der Waals surface area contributed by atoms with Gasteiger partial charge in [0.15, 0.2) is 5.96 Å². The molecule has 0 spiro atoms. The standard InChI is InChI=1S/C16H26N4OS/c1-17-16(18-11-15-3-2-10-22-15)20-7-5-19(6-8-20)12-14-4-9-21-13-14/h2-3,10,14H,4-9,11-13H2,1H3,(H,17,18). The second kappa shape index (κ2) is 7.94. The zero-order valence-corrected chi connectivity index (χ0v) is 14.1. The summed E-state index contributed by atoms with van der Waals surface area (Å²) in [7, 11) is 1.87. The topological polar surface area (TPSA) is 40.1 Å². The first-order chi connectivity index (χ1) is 10.8. The van der Waals surface area contributed by atoms with Crippen LogP contribution >= 0.6 is 11.3 Å². The lowest BCUT2D eigenvalue weighted by atomic mass is 10.1. The summed E-state index contributed by atoms with van der Waals surface area (Å²) in [5, 5.41) is 5.59. The van der Waals surface area contributed by atoms with E-state index in [1.165, 1.54) is 17.8 Å². The molecule has 1 aromatic heterocycles. The van der Waals surface area contributed by atoms with E-state index >= 15 is 0 Å². The van der Waals surface area contributed by atoms with Crippen LogP contribution in [0.5, 0.6) is 0 Å². The highest BCUT2D eigenvalue weighted by molar-refractivity contribution is 7.09. The van der Waals surface area contributed by atoms with Crippen molar-refractivity contribution in [3.8, 4) is 0 Å². The van der Waals surface area contributed by atoms with Crippen LogP contribution in [0, 0.1) is 5.92 Å². The van der Waals surface area contributed by atoms with Crippen molar-refractivity contribution in [1.82, 2.24) is 15.1 Å². The van der Waals surface area contributed by atoms with E-state index in [1.807, 2.05) is 7.05 Å². The second-order valence-electron chi connectivity index (χ2n) is 6.00. The number of hydrogen-bond donors (Lipinski definition) is 1. The van der Waals surface area contributed by atoms with Crippen LogP contribution in [0.4, 0.5) is 0 Å². The van der Waals surface area contributed by atoms with Gasteiger partial charge in [-0.25, -0.2) is 0 Å². The van der Waals surface area contributed by atoms with Gasteiger partial charge >= 0.3 is 0 Å². The van der Waals surface area contributed by atoms with Crippen LogP contribution in [0.3, 0.4) is 0 Å². The first-order valence-electron chi connectivity index (χ1n) is 8.13. The minimum absolute atomic E-state index is 0.739. The lowest BCUT2D eigenvalue weighted by molar-refractivity contribution is 0.139. The minimum atomic E-state index is 0.739. The molecule has 2 aliphatic rings. The average Bonchev–Trinajstić information content (AvgIpc) is 3.23. The number of thiophene rings is 1. The van der Waals surface area contributed by atoms with Crippen LogP contribution in [0.1, 0.15) is 11.3 Å². The molecular formula is C16H26N4OS. The van der Waals surface area contributed by atoms with Gasteiger partial charge in [-0.2, -0.15) is 0 Å². The fourth-order valence-corrected chi connectivity index (χ4v) is 3.79. The third kappa shape index (κ3) is 4.21. The maximum absolute atomic E-state index is 5.48. The van der Waals surface area contributed by atoms with Gasteiger partial charge in [-0.1, -0.05) is 6.07 Å². The van der Waals surface area contributed by atoms with Crippen molar-refractivity contribution in [2.24, 2.45) is 10.9 Å². The zero-order chi connectivity index (χ0) is 15.2. The summed E-state index contributed by atoms with van der Waals surface area (Å²) in [5.41, 5.74) is 0. The van der Waals surface area contributed by atoms with Crippen LogP contribution in [0.2, 0.25) is 0 Å². The lowest BCUT2D eigenvalue weighted by Gasteiger charge is -2.37. The molecule has 1 atom stereocenters. The number of guanidine groups is 1. The molecule has 3 heterocycles. The van der Waals surface area contributed by atoms with Crippen molar-refractivity contribution in [1.29, 1.82) is 0 Å². The molecule has 0 saturated carbocycles. The summed E-state index contributed by atoms with van der Waals surface area (Å²) in [4.78, 5) is 10.7. The third-order valence-electron chi connectivity index (χ3n) is 4.42. The normalized spacial score (nSPS) is 24.0. The smallest absolute Gasteiger partial charge is 0.194 e. The molecule has 1 N–H and O–H groups in total. The van der Waals surface area contributed by atoms with Crippen molar-refractivity contribution in [2.45, 2.75) is 13.0 Å². The fourth-order valence-electron chi connectivity index (χ4n) is 3.15. The molecule has 6 heteroatoms. The zero-order valence-electron chi connectivity index (χ0n) is 13.3. The van der Waals surface area contributed by atoms with Crippen molar-refractivity contribution in [3.63, 3.8) is 0 Å². The van der Waals surface area contributed by atoms with E-state index in [4.69, 9.17) is 4.74 Å². The number of hydrogen-bond acceptors (Lipinski definition) is 4. The fraction of sp³-hybridized carbons (Fsp3) is 0.688. The van der Waals surface area contributed by atoms with E-state index in [9.17, 15) is 0 Å². The maximum atomic E-state index is 5.48. The van der Waals surface area contributed by atoms with E-state index in [1.54, 1.807) is 11.3 Å². The van der Waals surface area contributed by atoms with Crippen LogP contribution < -0.4 is 5.32 Å². The van der Waals surface area contributed by atoms with Crippen LogP contribution in [0.15, 0.2) is 22.5 Å². The Morgan fingerprint density at radius 3 is 2.91 bits per heavy atom. The van der Waals surface area contributed by atoms with Gasteiger partial charge < -0.3 is 15.0 Å². The van der Waals surface area contributed by atoms with Gasteiger partial charge in [-0.15, -0.1) is 11.3 Å². The van der Waals surface area contributed by atoms with Gasteiger partial charge in [-0.05, 0) is 23.8 Å². The summed E-state index contributed by atoms with van der Waals surface area (Å²) in [6, 6.07) is 4.25. The average molecular weight is 322 g/mol. The molecule has 3 rings (SSSR count). The highest BCUT2D eigenvalue weighted by atomic mass is 32.1. The number of nitrogens with one attached hydrogen (secondary N) is 1. The quantitative estimate of drug-likeness (QED) is 0.673. The first kappa shape index (κ1) is 15.8. The molecule has 1 unspecified atom stereocenters. The molecule has 2 saturated heterocycles. The molecule has 122 valence electrons. The number of nitrogens with zero attached hydrogens (tertiary/aromatic N) is 3.